The first-order valence-electron chi connectivity index (χ1n) is 16.2. The molecule has 1 unspecified atom stereocenters. The zero-order valence-corrected chi connectivity index (χ0v) is 27.2. The molecule has 2 fully saturated rings. The van der Waals surface area contributed by atoms with Crippen molar-refractivity contribution in [3.05, 3.63) is 84.5 Å². The van der Waals surface area contributed by atoms with E-state index in [9.17, 15) is 4.79 Å². The summed E-state index contributed by atoms with van der Waals surface area (Å²) >= 11 is 0. The highest BCUT2D eigenvalue weighted by Crippen LogP contribution is 2.66. The summed E-state index contributed by atoms with van der Waals surface area (Å²) in [5.74, 6) is 3.25. The van der Waals surface area contributed by atoms with Crippen molar-refractivity contribution in [1.82, 2.24) is 0 Å². The molecule has 0 spiro atoms. The van der Waals surface area contributed by atoms with Crippen molar-refractivity contribution in [1.29, 1.82) is 0 Å². The topological polar surface area (TPSA) is 26.3 Å². The van der Waals surface area contributed by atoms with Crippen molar-refractivity contribution < 1.29 is 9.22 Å². The van der Waals surface area contributed by atoms with Gasteiger partial charge in [0.1, 0.15) is 0 Å². The molecule has 3 heteroatoms. The number of allylic oxidation sites excluding steroid dienone is 4. The van der Waals surface area contributed by atoms with Gasteiger partial charge in [-0.1, -0.05) is 121 Å². The molecular formula is C38H50O2Si. The first-order chi connectivity index (χ1) is 19.6. The van der Waals surface area contributed by atoms with Crippen molar-refractivity contribution in [2.75, 3.05) is 6.61 Å². The Morgan fingerprint density at radius 3 is 2.10 bits per heavy atom. The van der Waals surface area contributed by atoms with Gasteiger partial charge in [0.25, 0.3) is 8.32 Å². The lowest BCUT2D eigenvalue weighted by Crippen LogP contribution is -2.67. The molecule has 218 valence electrons. The van der Waals surface area contributed by atoms with E-state index in [1.165, 1.54) is 48.1 Å². The first kappa shape index (κ1) is 28.9. The Bertz CT molecular complexity index is 1280. The summed E-state index contributed by atoms with van der Waals surface area (Å²) in [5.41, 5.74) is 1.69. The minimum absolute atomic E-state index is 0.0373. The summed E-state index contributed by atoms with van der Waals surface area (Å²) < 4.78 is 7.52. The van der Waals surface area contributed by atoms with E-state index >= 15 is 0 Å². The van der Waals surface area contributed by atoms with E-state index in [4.69, 9.17) is 4.43 Å². The number of carbonyl (C=O) groups is 1. The molecule has 4 aliphatic rings. The van der Waals surface area contributed by atoms with Gasteiger partial charge in [0.15, 0.2) is 5.78 Å². The minimum atomic E-state index is -2.68. The summed E-state index contributed by atoms with van der Waals surface area (Å²) in [6, 6.07) is 21.9. The second-order valence-corrected chi connectivity index (χ2v) is 19.4. The molecule has 0 saturated heterocycles. The van der Waals surface area contributed by atoms with Gasteiger partial charge in [-0.2, -0.15) is 0 Å². The maximum atomic E-state index is 13.3. The van der Waals surface area contributed by atoms with E-state index in [0.29, 0.717) is 30.3 Å². The molecule has 0 bridgehead atoms. The Hall–Kier alpha value is -2.23. The Balaban J connectivity index is 1.39. The van der Waals surface area contributed by atoms with Gasteiger partial charge in [-0.15, -0.1) is 0 Å². The van der Waals surface area contributed by atoms with Crippen LogP contribution in [0.25, 0.3) is 0 Å². The van der Waals surface area contributed by atoms with E-state index in [-0.39, 0.29) is 22.2 Å². The molecule has 2 nitrogen and oxygen atoms in total. The van der Waals surface area contributed by atoms with E-state index in [1.807, 2.05) is 6.08 Å². The van der Waals surface area contributed by atoms with Crippen LogP contribution in [0.15, 0.2) is 84.5 Å². The zero-order valence-electron chi connectivity index (χ0n) is 26.2. The molecule has 0 N–H and O–H groups in total. The van der Waals surface area contributed by atoms with Gasteiger partial charge in [-0.05, 0) is 87.7 Å². The highest BCUT2D eigenvalue weighted by atomic mass is 28.4. The Labute approximate surface area is 249 Å². The standard InChI is InChI=1S/C38H50O2Si/c1-7-27-19-21-34-33-20-18-28-24-30(39)25-29(38(28,6)35(33)22-23-37(27,34)5)26-40-41(36(2,3)4,31-14-10-8-11-15-31)32-16-12-9-13-17-32/h8-18,20,24,27,29,33-35H,7,19,21-23,25-26H2,1-6H3/t27-,29?,33-,34-,35-,37+,38+/m0/s1. The number of carbonyl (C=O) groups excluding carboxylic acids is 1. The van der Waals surface area contributed by atoms with Crippen LogP contribution >= 0.6 is 0 Å². The second kappa shape index (κ2) is 10.5. The van der Waals surface area contributed by atoms with Gasteiger partial charge in [0.05, 0.1) is 0 Å². The predicted molar refractivity (Wildman–Crippen MR) is 173 cm³/mol. The molecule has 0 heterocycles. The number of hydrogen-bond donors (Lipinski definition) is 0. The molecule has 2 saturated carbocycles. The number of hydrogen-bond acceptors (Lipinski definition) is 2. The summed E-state index contributed by atoms with van der Waals surface area (Å²) in [6.45, 7) is 15.2. The van der Waals surface area contributed by atoms with Crippen LogP contribution in [0.1, 0.15) is 80.1 Å². The molecule has 7 atom stereocenters. The SMILES string of the molecule is CC[C@H]1CC[C@H]2[C@@H]3C=CC4=CC(=O)CC(CO[Si](c5ccccc5)(c5ccccc5)C(C)(C)C)[C@]4(C)[C@H]3CC[C@]12C. The van der Waals surface area contributed by atoms with Crippen LogP contribution in [-0.2, 0) is 9.22 Å². The van der Waals surface area contributed by atoms with Crippen molar-refractivity contribution in [2.45, 2.75) is 85.1 Å². The maximum Gasteiger partial charge on any atom is 0.261 e. The predicted octanol–water partition coefficient (Wildman–Crippen LogP) is 8.12. The van der Waals surface area contributed by atoms with Gasteiger partial charge < -0.3 is 4.43 Å². The summed E-state index contributed by atoms with van der Waals surface area (Å²) in [6.07, 6.45) is 14.1. The van der Waals surface area contributed by atoms with Gasteiger partial charge in [0.2, 0.25) is 0 Å². The Kier molecular flexibility index (Phi) is 7.38. The summed E-state index contributed by atoms with van der Waals surface area (Å²) in [4.78, 5) is 13.3. The number of ketones is 1. The van der Waals surface area contributed by atoms with Crippen LogP contribution in [0.5, 0.6) is 0 Å². The molecule has 6 rings (SSSR count). The fourth-order valence-corrected chi connectivity index (χ4v) is 14.8. The lowest BCUT2D eigenvalue weighted by molar-refractivity contribution is -0.120. The lowest BCUT2D eigenvalue weighted by Gasteiger charge is -2.58. The van der Waals surface area contributed by atoms with Crippen molar-refractivity contribution in [3.8, 4) is 0 Å². The van der Waals surface area contributed by atoms with Crippen LogP contribution < -0.4 is 10.4 Å². The molecular weight excluding hydrogens is 517 g/mol. The maximum absolute atomic E-state index is 13.3. The third-order valence-electron chi connectivity index (χ3n) is 12.4. The second-order valence-electron chi connectivity index (χ2n) is 15.1. The Morgan fingerprint density at radius 2 is 1.51 bits per heavy atom. The molecule has 0 amide bonds. The number of rotatable bonds is 6. The third kappa shape index (κ3) is 4.40. The van der Waals surface area contributed by atoms with Crippen molar-refractivity contribution in [3.63, 3.8) is 0 Å². The van der Waals surface area contributed by atoms with Crippen LogP contribution in [0.3, 0.4) is 0 Å². The van der Waals surface area contributed by atoms with Crippen molar-refractivity contribution >= 4 is 24.5 Å². The average Bonchev–Trinajstić information content (AvgIpc) is 3.30. The quantitative estimate of drug-likeness (QED) is 0.330. The molecule has 0 radical (unpaired) electrons. The molecule has 2 aromatic carbocycles. The third-order valence-corrected chi connectivity index (χ3v) is 17.4. The monoisotopic (exact) mass is 566 g/mol. The summed E-state index contributed by atoms with van der Waals surface area (Å²) in [7, 11) is -2.68. The van der Waals surface area contributed by atoms with Gasteiger partial charge >= 0.3 is 0 Å². The van der Waals surface area contributed by atoms with E-state index < -0.39 is 8.32 Å². The molecule has 2 aromatic rings. The minimum Gasteiger partial charge on any atom is -0.407 e. The van der Waals surface area contributed by atoms with Crippen LogP contribution in [-0.4, -0.2) is 20.7 Å². The fraction of sp³-hybridized carbons (Fsp3) is 0.553. The molecule has 0 aliphatic heterocycles. The lowest BCUT2D eigenvalue weighted by atomic mass is 9.46. The van der Waals surface area contributed by atoms with Crippen molar-refractivity contribution in [2.24, 2.45) is 40.4 Å². The van der Waals surface area contributed by atoms with Crippen LogP contribution in [0, 0.1) is 40.4 Å². The largest absolute Gasteiger partial charge is 0.407 e. The normalized spacial score (nSPS) is 34.9. The number of benzene rings is 2. The van der Waals surface area contributed by atoms with E-state index in [1.54, 1.807) is 0 Å². The molecule has 0 aromatic heterocycles. The molecule has 41 heavy (non-hydrogen) atoms. The van der Waals surface area contributed by atoms with E-state index in [2.05, 4.69) is 114 Å². The van der Waals surface area contributed by atoms with Gasteiger partial charge in [-0.25, -0.2) is 0 Å². The smallest absolute Gasteiger partial charge is 0.261 e. The zero-order chi connectivity index (χ0) is 29.0. The van der Waals surface area contributed by atoms with Gasteiger partial charge in [0, 0.05) is 18.4 Å². The fourth-order valence-electron chi connectivity index (χ4n) is 10.2. The highest BCUT2D eigenvalue weighted by Gasteiger charge is 2.60. The summed E-state index contributed by atoms with van der Waals surface area (Å²) in [5, 5.41) is 2.55. The average molecular weight is 567 g/mol. The van der Waals surface area contributed by atoms with Gasteiger partial charge in [-0.3, -0.25) is 4.79 Å². The number of fused-ring (bicyclic) bond motifs is 5. The highest BCUT2D eigenvalue weighted by molar-refractivity contribution is 6.99. The van der Waals surface area contributed by atoms with Crippen LogP contribution in [0.4, 0.5) is 0 Å². The Morgan fingerprint density at radius 1 is 0.878 bits per heavy atom. The van der Waals surface area contributed by atoms with E-state index in [0.717, 1.165) is 11.8 Å². The van der Waals surface area contributed by atoms with Crippen LogP contribution in [0.2, 0.25) is 5.04 Å². The first-order valence-corrected chi connectivity index (χ1v) is 18.1. The molecule has 4 aliphatic carbocycles.